The van der Waals surface area contributed by atoms with Crippen molar-refractivity contribution in [3.63, 3.8) is 0 Å². The summed E-state index contributed by atoms with van der Waals surface area (Å²) in [6.07, 6.45) is 3.77. The van der Waals surface area contributed by atoms with Crippen LogP contribution in [0.2, 0.25) is 0 Å². The number of aromatic nitrogens is 2. The number of rotatable bonds is 5. The number of hydrogen-bond acceptors (Lipinski definition) is 3. The molecular weight excluding hydrogens is 362 g/mol. The Kier molecular flexibility index (Phi) is 4.96. The van der Waals surface area contributed by atoms with Crippen molar-refractivity contribution in [1.29, 1.82) is 0 Å². The minimum Gasteiger partial charge on any atom is -0.341 e. The van der Waals surface area contributed by atoms with Gasteiger partial charge in [0, 0.05) is 34.2 Å². The zero-order valence-corrected chi connectivity index (χ0v) is 16.4. The second-order valence-corrected chi connectivity index (χ2v) is 6.99. The maximum Gasteiger partial charge on any atom is 0.257 e. The van der Waals surface area contributed by atoms with Crippen LogP contribution in [0.1, 0.15) is 28.4 Å². The molecule has 0 saturated carbocycles. The Morgan fingerprint density at radius 1 is 0.966 bits per heavy atom. The number of pyridine rings is 2. The highest BCUT2D eigenvalue weighted by Gasteiger charge is 2.20. The molecule has 2 N–H and O–H groups in total. The molecule has 4 rings (SSSR count). The van der Waals surface area contributed by atoms with Crippen LogP contribution in [0.15, 0.2) is 77.9 Å². The lowest BCUT2D eigenvalue weighted by Gasteiger charge is -2.14. The van der Waals surface area contributed by atoms with E-state index < -0.39 is 0 Å². The van der Waals surface area contributed by atoms with Gasteiger partial charge in [-0.05, 0) is 32.0 Å². The average Bonchev–Trinajstić information content (AvgIpc) is 2.75. The van der Waals surface area contributed by atoms with Crippen LogP contribution in [0, 0.1) is 6.92 Å². The molecule has 0 unspecified atom stereocenters. The third-order valence-electron chi connectivity index (χ3n) is 5.00. The molecule has 0 radical (unpaired) electrons. The van der Waals surface area contributed by atoms with E-state index in [1.807, 2.05) is 67.2 Å². The topological polar surface area (TPSA) is 65.8 Å². The molecular formula is C24H22N3O2+. The van der Waals surface area contributed by atoms with E-state index in [4.69, 9.17) is 0 Å². The Morgan fingerprint density at radius 3 is 2.28 bits per heavy atom. The van der Waals surface area contributed by atoms with Gasteiger partial charge in [0.1, 0.15) is 12.4 Å². The zero-order valence-electron chi connectivity index (χ0n) is 16.4. The van der Waals surface area contributed by atoms with Crippen LogP contribution in [0.25, 0.3) is 10.8 Å². The summed E-state index contributed by atoms with van der Waals surface area (Å²) >= 11 is 0. The molecule has 0 aliphatic carbocycles. The highest BCUT2D eigenvalue weighted by molar-refractivity contribution is 6.19. The molecule has 0 amide bonds. The van der Waals surface area contributed by atoms with Gasteiger partial charge in [-0.25, -0.2) is 4.57 Å². The van der Waals surface area contributed by atoms with Gasteiger partial charge in [0.2, 0.25) is 0 Å². The predicted molar refractivity (Wildman–Crippen MR) is 115 cm³/mol. The van der Waals surface area contributed by atoms with Gasteiger partial charge >= 0.3 is 0 Å². The molecule has 5 heteroatoms. The van der Waals surface area contributed by atoms with Crippen LogP contribution in [0.3, 0.4) is 0 Å². The van der Waals surface area contributed by atoms with Crippen LogP contribution in [-0.2, 0) is 6.54 Å². The second-order valence-electron chi connectivity index (χ2n) is 6.99. The van der Waals surface area contributed by atoms with Crippen LogP contribution >= 0.6 is 0 Å². The maximum atomic E-state index is 13.5. The summed E-state index contributed by atoms with van der Waals surface area (Å²) in [5, 5.41) is 4.34. The molecule has 0 fully saturated rings. The summed E-state index contributed by atoms with van der Waals surface area (Å²) in [5.74, 6) is 0.255. The Morgan fingerprint density at radius 2 is 1.62 bits per heavy atom. The van der Waals surface area contributed by atoms with Crippen LogP contribution in [-0.4, -0.2) is 10.8 Å². The van der Waals surface area contributed by atoms with Crippen molar-refractivity contribution >= 4 is 28.1 Å². The quantitative estimate of drug-likeness (QED) is 0.402. The third-order valence-corrected chi connectivity index (χ3v) is 5.00. The van der Waals surface area contributed by atoms with Gasteiger partial charge < -0.3 is 10.3 Å². The van der Waals surface area contributed by atoms with Gasteiger partial charge in [-0.2, -0.15) is 0 Å². The van der Waals surface area contributed by atoms with Gasteiger partial charge in [0.25, 0.3) is 5.56 Å². The van der Waals surface area contributed by atoms with Crippen LogP contribution < -0.4 is 15.4 Å². The molecule has 0 aliphatic rings. The van der Waals surface area contributed by atoms with E-state index in [0.29, 0.717) is 27.7 Å². The first kappa shape index (κ1) is 18.6. The summed E-state index contributed by atoms with van der Waals surface area (Å²) in [7, 11) is 0. The lowest BCUT2D eigenvalue weighted by Crippen LogP contribution is -2.31. The molecule has 2 aromatic carbocycles. The van der Waals surface area contributed by atoms with Crippen LogP contribution in [0.4, 0.5) is 11.5 Å². The number of benzene rings is 2. The van der Waals surface area contributed by atoms with E-state index >= 15 is 0 Å². The Labute approximate surface area is 168 Å². The van der Waals surface area contributed by atoms with Gasteiger partial charge in [-0.1, -0.05) is 35.9 Å². The average molecular weight is 384 g/mol. The molecule has 2 heterocycles. The molecule has 0 aliphatic heterocycles. The number of ketones is 1. The van der Waals surface area contributed by atoms with Crippen molar-refractivity contribution in [1.82, 2.24) is 4.98 Å². The van der Waals surface area contributed by atoms with E-state index in [1.54, 1.807) is 24.3 Å². The number of nitrogens with one attached hydrogen (secondary N) is 2. The lowest BCUT2D eigenvalue weighted by molar-refractivity contribution is -0.693. The van der Waals surface area contributed by atoms with Crippen molar-refractivity contribution in [2.45, 2.75) is 20.4 Å². The molecule has 0 atom stereocenters. The van der Waals surface area contributed by atoms with E-state index in [1.165, 1.54) is 0 Å². The first-order valence-corrected chi connectivity index (χ1v) is 9.59. The number of H-pyrrole nitrogens is 1. The first-order chi connectivity index (χ1) is 14.1. The van der Waals surface area contributed by atoms with E-state index in [-0.39, 0.29) is 11.3 Å². The Balaban J connectivity index is 1.89. The lowest BCUT2D eigenvalue weighted by atomic mass is 9.98. The molecule has 0 saturated heterocycles. The number of nitrogens with zero attached hydrogens (tertiary/aromatic N) is 1. The predicted octanol–water partition coefficient (Wildman–Crippen LogP) is 4.12. The smallest absolute Gasteiger partial charge is 0.257 e. The minimum absolute atomic E-state index is 0.143. The fourth-order valence-electron chi connectivity index (χ4n) is 3.35. The first-order valence-electron chi connectivity index (χ1n) is 9.59. The molecule has 29 heavy (non-hydrogen) atoms. The number of carbonyl (C=O) groups is 1. The van der Waals surface area contributed by atoms with E-state index in [9.17, 15) is 9.59 Å². The highest BCUT2D eigenvalue weighted by Crippen LogP contribution is 2.27. The summed E-state index contributed by atoms with van der Waals surface area (Å²) < 4.78 is 1.99. The van der Waals surface area contributed by atoms with Crippen molar-refractivity contribution in [2.24, 2.45) is 0 Å². The van der Waals surface area contributed by atoms with E-state index in [0.717, 1.165) is 17.8 Å². The number of carbonyl (C=O) groups excluding carboxylic acids is 1. The van der Waals surface area contributed by atoms with Crippen molar-refractivity contribution in [3.05, 3.63) is 100 Å². The van der Waals surface area contributed by atoms with Crippen molar-refractivity contribution < 1.29 is 9.36 Å². The number of hydrogen-bond donors (Lipinski definition) is 2. The van der Waals surface area contributed by atoms with Crippen molar-refractivity contribution in [3.8, 4) is 0 Å². The normalized spacial score (nSPS) is 10.8. The molecule has 5 nitrogen and oxygen atoms in total. The molecule has 0 spiro atoms. The summed E-state index contributed by atoms with van der Waals surface area (Å²) in [5.41, 5.74) is 2.72. The fraction of sp³-hybridized carbons (Fsp3) is 0.125. The van der Waals surface area contributed by atoms with Gasteiger partial charge in [-0.3, -0.25) is 9.59 Å². The highest BCUT2D eigenvalue weighted by atomic mass is 16.1. The summed E-state index contributed by atoms with van der Waals surface area (Å²) in [6.45, 7) is 4.88. The molecule has 0 bridgehead atoms. The van der Waals surface area contributed by atoms with Gasteiger partial charge in [0.05, 0.1) is 5.56 Å². The Bertz CT molecular complexity index is 1240. The molecule has 2 aromatic heterocycles. The number of anilines is 2. The third kappa shape index (κ3) is 3.67. The fourth-order valence-corrected chi connectivity index (χ4v) is 3.35. The van der Waals surface area contributed by atoms with Gasteiger partial charge in [-0.15, -0.1) is 0 Å². The zero-order chi connectivity index (χ0) is 20.4. The van der Waals surface area contributed by atoms with Crippen LogP contribution in [0.5, 0.6) is 0 Å². The SMILES string of the molecule is CC[n+]1ccc(C(=O)c2c(Nc3ccc(C)cc3)[nH]c(=O)c3ccccc23)cc1. The minimum atomic E-state index is -0.233. The monoisotopic (exact) mass is 384 g/mol. The molecule has 4 aromatic rings. The molecule has 144 valence electrons. The standard InChI is InChI=1S/C24H21N3O2/c1-3-27-14-12-17(13-15-27)22(28)21-19-6-4-5-7-20(19)24(29)26-23(21)25-18-10-8-16(2)9-11-18/h4-15H,3H2,1-2H3,(H-,25,26,28,29)/p+1. The van der Waals surface area contributed by atoms with Crippen molar-refractivity contribution in [2.75, 3.05) is 5.32 Å². The number of aryl methyl sites for hydroxylation is 2. The summed E-state index contributed by atoms with van der Waals surface area (Å²) in [6, 6.07) is 18.6. The summed E-state index contributed by atoms with van der Waals surface area (Å²) in [4.78, 5) is 29.0. The largest absolute Gasteiger partial charge is 0.341 e. The Hall–Kier alpha value is -3.73. The maximum absolute atomic E-state index is 13.5. The number of fused-ring (bicyclic) bond motifs is 1. The van der Waals surface area contributed by atoms with Gasteiger partial charge in [0.15, 0.2) is 18.2 Å². The number of aromatic amines is 1. The second kappa shape index (κ2) is 7.72. The van der Waals surface area contributed by atoms with E-state index in [2.05, 4.69) is 10.3 Å².